The molecule has 0 saturated heterocycles. The van der Waals surface area contributed by atoms with Crippen molar-refractivity contribution in [2.75, 3.05) is 39.6 Å². The molecule has 0 aliphatic rings. The molecule has 0 rings (SSSR count). The van der Waals surface area contributed by atoms with Crippen LogP contribution in [0.3, 0.4) is 0 Å². The second kappa shape index (κ2) is 66.9. The van der Waals surface area contributed by atoms with Gasteiger partial charge in [0.2, 0.25) is 0 Å². The minimum absolute atomic E-state index is 0.105. The number of unbranched alkanes of at least 4 members (excludes halogenated alkanes) is 44. The van der Waals surface area contributed by atoms with E-state index in [-0.39, 0.29) is 25.7 Å². The average Bonchev–Trinajstić information content (AvgIpc) is 1.23. The number of carbonyl (C=O) groups is 4. The summed E-state index contributed by atoms with van der Waals surface area (Å²) in [6, 6.07) is 0. The lowest BCUT2D eigenvalue weighted by Crippen LogP contribution is -2.30. The Morgan fingerprint density at radius 2 is 0.489 bits per heavy atom. The molecule has 0 spiro atoms. The monoisotopic (exact) mass is 1380 g/mol. The van der Waals surface area contributed by atoms with Gasteiger partial charge in [-0.15, -0.1) is 0 Å². The summed E-state index contributed by atoms with van der Waals surface area (Å²) in [5.74, 6) is -0.611. The van der Waals surface area contributed by atoms with E-state index in [1.54, 1.807) is 0 Å². The molecule has 0 aromatic carbocycles. The Balaban J connectivity index is 5.22. The summed E-state index contributed by atoms with van der Waals surface area (Å²) in [7, 11) is -9.91. The van der Waals surface area contributed by atoms with Gasteiger partial charge in [0.05, 0.1) is 26.4 Å². The van der Waals surface area contributed by atoms with E-state index >= 15 is 0 Å². The fourth-order valence-electron chi connectivity index (χ4n) is 11.5. The molecule has 2 unspecified atom stereocenters. The number of hydrogen-bond acceptors (Lipinski definition) is 15. The SMILES string of the molecule is CCCCCCCCCCCCCCCCCCCCCC(=O)O[C@H](COC(=O)CCCCCCCCCCCCCC(C)C)COP(=O)(O)OC[C@@H](O)COP(=O)(O)OC[C@@H](COC(=O)CCCCCCCCCCC)OC(=O)CCCCCCCCCCCC(C)C. The second-order valence-electron chi connectivity index (χ2n) is 28.0. The van der Waals surface area contributed by atoms with Crippen LogP contribution in [0.4, 0.5) is 0 Å². The van der Waals surface area contributed by atoms with Gasteiger partial charge in [0, 0.05) is 25.7 Å². The number of aliphatic hydroxyl groups excluding tert-OH is 1. The van der Waals surface area contributed by atoms with Gasteiger partial charge in [-0.3, -0.25) is 37.3 Å². The van der Waals surface area contributed by atoms with Crippen LogP contribution in [0.15, 0.2) is 0 Å². The van der Waals surface area contributed by atoms with Crippen molar-refractivity contribution in [1.82, 2.24) is 0 Å². The first-order valence-electron chi connectivity index (χ1n) is 39.0. The van der Waals surface area contributed by atoms with Crippen LogP contribution >= 0.6 is 15.6 Å². The Labute approximate surface area is 575 Å². The highest BCUT2D eigenvalue weighted by Gasteiger charge is 2.30. The lowest BCUT2D eigenvalue weighted by atomic mass is 10.0. The fraction of sp³-hybridized carbons (Fsp3) is 0.947. The molecule has 19 heteroatoms. The molecule has 0 amide bonds. The van der Waals surface area contributed by atoms with Crippen LogP contribution < -0.4 is 0 Å². The molecular weight excluding hydrogens is 1230 g/mol. The van der Waals surface area contributed by atoms with Crippen LogP contribution in [0.2, 0.25) is 0 Å². The number of carbonyl (C=O) groups excluding carboxylic acids is 4. The van der Waals surface area contributed by atoms with Crippen LogP contribution in [0, 0.1) is 11.8 Å². The maximum Gasteiger partial charge on any atom is 0.472 e. The minimum atomic E-state index is -4.96. The van der Waals surface area contributed by atoms with Crippen LogP contribution in [0.1, 0.15) is 388 Å². The number of esters is 4. The Morgan fingerprint density at radius 3 is 0.723 bits per heavy atom. The van der Waals surface area contributed by atoms with Crippen molar-refractivity contribution >= 4 is 39.5 Å². The van der Waals surface area contributed by atoms with Gasteiger partial charge >= 0.3 is 39.5 Å². The maximum atomic E-state index is 13.1. The lowest BCUT2D eigenvalue weighted by molar-refractivity contribution is -0.161. The van der Waals surface area contributed by atoms with Crippen molar-refractivity contribution in [2.24, 2.45) is 11.8 Å². The Morgan fingerprint density at radius 1 is 0.287 bits per heavy atom. The number of hydrogen-bond donors (Lipinski definition) is 3. The number of rotatable bonds is 74. The summed E-state index contributed by atoms with van der Waals surface area (Å²) >= 11 is 0. The van der Waals surface area contributed by atoms with Crippen molar-refractivity contribution < 1.29 is 80.2 Å². The first-order chi connectivity index (χ1) is 45.4. The van der Waals surface area contributed by atoms with Gasteiger partial charge in [-0.25, -0.2) is 9.13 Å². The highest BCUT2D eigenvalue weighted by Crippen LogP contribution is 2.45. The molecule has 0 radical (unpaired) electrons. The summed E-state index contributed by atoms with van der Waals surface area (Å²) < 4.78 is 68.4. The van der Waals surface area contributed by atoms with Crippen LogP contribution in [0.5, 0.6) is 0 Å². The lowest BCUT2D eigenvalue weighted by Gasteiger charge is -2.21. The zero-order valence-electron chi connectivity index (χ0n) is 61.3. The Kier molecular flexibility index (Phi) is 65.5. The van der Waals surface area contributed by atoms with Gasteiger partial charge in [-0.2, -0.15) is 0 Å². The smallest absolute Gasteiger partial charge is 0.462 e. The summed E-state index contributed by atoms with van der Waals surface area (Å²) in [5, 5.41) is 10.6. The Bertz CT molecular complexity index is 1820. The predicted molar refractivity (Wildman–Crippen MR) is 381 cm³/mol. The van der Waals surface area contributed by atoms with Crippen molar-refractivity contribution in [2.45, 2.75) is 407 Å². The van der Waals surface area contributed by atoms with Gasteiger partial charge < -0.3 is 33.8 Å². The topological polar surface area (TPSA) is 237 Å². The molecule has 94 heavy (non-hydrogen) atoms. The van der Waals surface area contributed by atoms with Gasteiger partial charge in [0.15, 0.2) is 12.2 Å². The zero-order valence-corrected chi connectivity index (χ0v) is 63.1. The quantitative estimate of drug-likeness (QED) is 0.0222. The summed E-state index contributed by atoms with van der Waals surface area (Å²) in [6.45, 7) is 9.55. The highest BCUT2D eigenvalue weighted by atomic mass is 31.2. The fourth-order valence-corrected chi connectivity index (χ4v) is 13.1. The molecule has 0 aromatic heterocycles. The Hall–Kier alpha value is -1.94. The largest absolute Gasteiger partial charge is 0.472 e. The third-order valence-corrected chi connectivity index (χ3v) is 19.4. The summed E-state index contributed by atoms with van der Waals surface area (Å²) in [6.07, 6.45) is 54.2. The summed E-state index contributed by atoms with van der Waals surface area (Å²) in [5.41, 5.74) is 0. The molecule has 0 aliphatic heterocycles. The van der Waals surface area contributed by atoms with E-state index < -0.39 is 97.5 Å². The van der Waals surface area contributed by atoms with Crippen LogP contribution in [0.25, 0.3) is 0 Å². The summed E-state index contributed by atoms with van der Waals surface area (Å²) in [4.78, 5) is 72.7. The molecule has 5 atom stereocenters. The van der Waals surface area contributed by atoms with E-state index in [9.17, 15) is 43.2 Å². The highest BCUT2D eigenvalue weighted by molar-refractivity contribution is 7.47. The number of aliphatic hydroxyl groups is 1. The van der Waals surface area contributed by atoms with Crippen LogP contribution in [-0.2, 0) is 65.4 Å². The molecule has 558 valence electrons. The van der Waals surface area contributed by atoms with E-state index in [1.165, 1.54) is 205 Å². The van der Waals surface area contributed by atoms with E-state index in [0.717, 1.165) is 102 Å². The van der Waals surface area contributed by atoms with Crippen LogP contribution in [-0.4, -0.2) is 96.7 Å². The van der Waals surface area contributed by atoms with Gasteiger partial charge in [-0.05, 0) is 37.5 Å². The van der Waals surface area contributed by atoms with Crippen molar-refractivity contribution in [1.29, 1.82) is 0 Å². The van der Waals surface area contributed by atoms with Gasteiger partial charge in [0.1, 0.15) is 19.3 Å². The van der Waals surface area contributed by atoms with E-state index in [0.29, 0.717) is 25.7 Å². The molecule has 0 aromatic rings. The molecule has 0 aliphatic carbocycles. The average molecular weight is 1380 g/mol. The number of phosphoric ester groups is 2. The van der Waals surface area contributed by atoms with Crippen molar-refractivity contribution in [3.63, 3.8) is 0 Å². The van der Waals surface area contributed by atoms with Gasteiger partial charge in [-0.1, -0.05) is 337 Å². The first kappa shape index (κ1) is 92.1. The first-order valence-corrected chi connectivity index (χ1v) is 42.0. The predicted octanol–water partition coefficient (Wildman–Crippen LogP) is 21.9. The van der Waals surface area contributed by atoms with E-state index in [2.05, 4.69) is 41.5 Å². The van der Waals surface area contributed by atoms with Crippen molar-refractivity contribution in [3.05, 3.63) is 0 Å². The zero-order chi connectivity index (χ0) is 69.3. The number of phosphoric acid groups is 2. The molecule has 0 bridgehead atoms. The second-order valence-corrected chi connectivity index (χ2v) is 30.9. The molecule has 0 saturated carbocycles. The van der Waals surface area contributed by atoms with Crippen molar-refractivity contribution in [3.8, 4) is 0 Å². The maximum absolute atomic E-state index is 13.1. The van der Waals surface area contributed by atoms with E-state index in [1.807, 2.05) is 0 Å². The molecule has 0 heterocycles. The normalized spacial score (nSPS) is 14.0. The number of ether oxygens (including phenoxy) is 4. The molecule has 0 fully saturated rings. The minimum Gasteiger partial charge on any atom is -0.462 e. The van der Waals surface area contributed by atoms with E-state index in [4.69, 9.17) is 37.0 Å². The molecule has 17 nitrogen and oxygen atoms in total. The third kappa shape index (κ3) is 68.6. The van der Waals surface area contributed by atoms with Gasteiger partial charge in [0.25, 0.3) is 0 Å². The third-order valence-electron chi connectivity index (χ3n) is 17.5. The standard InChI is InChI=1S/C75H146O17P2/c1-7-9-11-13-15-17-18-19-20-21-22-23-24-25-28-35-41-47-53-59-74(79)91-71(64-86-73(78)58-52-46-40-34-29-26-27-32-37-43-49-55-67(3)4)66-90-94(83,84)88-62-69(76)61-87-93(81,82)89-65-70(63-85-72(77)57-51-45-39-31-16-14-12-10-8-2)92-75(80)60-54-48-42-36-30-33-38-44-50-56-68(5)6/h67-71,76H,7-66H2,1-6H3,(H,81,82)(H,83,84)/t69-,70+,71+/m0/s1. The molecule has 3 N–H and O–H groups in total. The molecular formula is C75H146O17P2.